The Kier molecular flexibility index (Phi) is 6.39. The first kappa shape index (κ1) is 17.7. The summed E-state index contributed by atoms with van der Waals surface area (Å²) >= 11 is 12.0. The zero-order valence-corrected chi connectivity index (χ0v) is 14.1. The zero-order chi connectivity index (χ0) is 16.8. The summed E-state index contributed by atoms with van der Waals surface area (Å²) in [6.07, 6.45) is 0. The second kappa shape index (κ2) is 8.29. The Morgan fingerprint density at radius 1 is 1.13 bits per heavy atom. The minimum absolute atomic E-state index is 0.0831. The molecule has 0 aliphatic carbocycles. The number of benzene rings is 2. The Hall–Kier alpha value is -1.62. The molecule has 122 valence electrons. The van der Waals surface area contributed by atoms with Crippen molar-refractivity contribution in [3.05, 3.63) is 69.5 Å². The van der Waals surface area contributed by atoms with Crippen LogP contribution in [0.25, 0.3) is 0 Å². The summed E-state index contributed by atoms with van der Waals surface area (Å²) in [7, 11) is 1.57. The quantitative estimate of drug-likeness (QED) is 0.772. The molecule has 0 bridgehead atoms. The van der Waals surface area contributed by atoms with Crippen LogP contribution in [0.1, 0.15) is 11.1 Å². The number of amides is 1. The lowest BCUT2D eigenvalue weighted by atomic mass is 10.2. The van der Waals surface area contributed by atoms with E-state index in [0.29, 0.717) is 10.0 Å². The largest absolute Gasteiger partial charge is 0.367 e. The smallest absolute Gasteiger partial charge is 0.248 e. The number of carbonyl (C=O) groups is 1. The van der Waals surface area contributed by atoms with Crippen LogP contribution in [0.4, 0.5) is 4.39 Å². The van der Waals surface area contributed by atoms with E-state index in [1.165, 1.54) is 17.0 Å². The van der Waals surface area contributed by atoms with Crippen molar-refractivity contribution in [2.24, 2.45) is 0 Å². The number of carbonyl (C=O) groups excluding carboxylic acids is 1. The van der Waals surface area contributed by atoms with Gasteiger partial charge in [-0.25, -0.2) is 4.39 Å². The monoisotopic (exact) mass is 355 g/mol. The van der Waals surface area contributed by atoms with Crippen LogP contribution in [0.3, 0.4) is 0 Å². The topological polar surface area (TPSA) is 29.5 Å². The van der Waals surface area contributed by atoms with Crippen molar-refractivity contribution in [3.63, 3.8) is 0 Å². The van der Waals surface area contributed by atoms with Gasteiger partial charge in [-0.1, -0.05) is 47.5 Å². The number of hydrogen-bond acceptors (Lipinski definition) is 2. The third-order valence-electron chi connectivity index (χ3n) is 3.32. The lowest BCUT2D eigenvalue weighted by Crippen LogP contribution is -2.30. The highest BCUT2D eigenvalue weighted by Gasteiger charge is 2.14. The molecule has 0 saturated heterocycles. The second-order valence-corrected chi connectivity index (χ2v) is 5.85. The van der Waals surface area contributed by atoms with Crippen LogP contribution in [0.5, 0.6) is 0 Å². The van der Waals surface area contributed by atoms with Crippen molar-refractivity contribution in [2.75, 3.05) is 13.7 Å². The molecular formula is C17H16Cl2FNO2. The molecule has 0 aliphatic heterocycles. The number of halogens is 3. The Morgan fingerprint density at radius 3 is 2.52 bits per heavy atom. The number of hydrogen-bond donors (Lipinski definition) is 0. The predicted molar refractivity (Wildman–Crippen MR) is 89.0 cm³/mol. The average Bonchev–Trinajstić information content (AvgIpc) is 2.52. The molecular weight excluding hydrogens is 340 g/mol. The summed E-state index contributed by atoms with van der Waals surface area (Å²) in [6, 6.07) is 11.7. The molecule has 2 rings (SSSR count). The van der Waals surface area contributed by atoms with Crippen LogP contribution in [0.15, 0.2) is 42.5 Å². The van der Waals surface area contributed by atoms with Gasteiger partial charge in [0.05, 0.1) is 6.61 Å². The normalized spacial score (nSPS) is 10.6. The molecule has 0 saturated carbocycles. The molecule has 2 aromatic carbocycles. The van der Waals surface area contributed by atoms with Crippen molar-refractivity contribution in [1.82, 2.24) is 4.90 Å². The van der Waals surface area contributed by atoms with E-state index in [4.69, 9.17) is 27.9 Å². The van der Waals surface area contributed by atoms with Gasteiger partial charge in [0, 0.05) is 29.2 Å². The third kappa shape index (κ3) is 4.93. The van der Waals surface area contributed by atoms with Crippen LogP contribution >= 0.6 is 23.2 Å². The van der Waals surface area contributed by atoms with Gasteiger partial charge in [0.25, 0.3) is 0 Å². The van der Waals surface area contributed by atoms with Gasteiger partial charge in [-0.3, -0.25) is 4.79 Å². The van der Waals surface area contributed by atoms with Crippen LogP contribution in [0, 0.1) is 5.82 Å². The van der Waals surface area contributed by atoms with Crippen LogP contribution in [-0.4, -0.2) is 24.5 Å². The lowest BCUT2D eigenvalue weighted by Gasteiger charge is -2.18. The van der Waals surface area contributed by atoms with E-state index in [1.54, 1.807) is 19.2 Å². The van der Waals surface area contributed by atoms with E-state index in [2.05, 4.69) is 0 Å². The minimum Gasteiger partial charge on any atom is -0.367 e. The molecule has 0 heterocycles. The van der Waals surface area contributed by atoms with Crippen LogP contribution < -0.4 is 0 Å². The van der Waals surface area contributed by atoms with E-state index in [-0.39, 0.29) is 31.2 Å². The summed E-state index contributed by atoms with van der Waals surface area (Å²) in [5.74, 6) is -0.703. The molecule has 0 atom stereocenters. The van der Waals surface area contributed by atoms with Gasteiger partial charge in [0.15, 0.2) is 0 Å². The molecule has 6 heteroatoms. The maximum atomic E-state index is 13.7. The van der Waals surface area contributed by atoms with E-state index < -0.39 is 5.82 Å². The van der Waals surface area contributed by atoms with Gasteiger partial charge in [-0.05, 0) is 23.8 Å². The highest BCUT2D eigenvalue weighted by Crippen LogP contribution is 2.20. The first-order chi connectivity index (χ1) is 11.0. The fraction of sp³-hybridized carbons (Fsp3) is 0.235. The Balaban J connectivity index is 1.87. The van der Waals surface area contributed by atoms with Gasteiger partial charge in [-0.2, -0.15) is 0 Å². The lowest BCUT2D eigenvalue weighted by molar-refractivity contribution is -0.135. The summed E-state index contributed by atoms with van der Waals surface area (Å²) < 4.78 is 19.1. The standard InChI is InChI=1S/C17H16Cl2FNO2/c1-21(9-13-15(19)7-4-8-16(13)20)17(22)11-23-10-12-5-2-3-6-14(12)18/h2-8H,9-11H2,1H3. The molecule has 0 radical (unpaired) electrons. The van der Waals surface area contributed by atoms with Crippen molar-refractivity contribution in [1.29, 1.82) is 0 Å². The zero-order valence-electron chi connectivity index (χ0n) is 12.6. The van der Waals surface area contributed by atoms with Crippen molar-refractivity contribution < 1.29 is 13.9 Å². The third-order valence-corrected chi connectivity index (χ3v) is 4.05. The van der Waals surface area contributed by atoms with E-state index in [1.807, 2.05) is 18.2 Å². The van der Waals surface area contributed by atoms with Crippen LogP contribution in [-0.2, 0) is 22.7 Å². The molecule has 23 heavy (non-hydrogen) atoms. The fourth-order valence-electron chi connectivity index (χ4n) is 1.98. The predicted octanol–water partition coefficient (Wildman–Crippen LogP) is 4.31. The average molecular weight is 356 g/mol. The number of likely N-dealkylation sites (N-methyl/N-ethyl adjacent to an activating group) is 1. The first-order valence-electron chi connectivity index (χ1n) is 6.97. The number of nitrogens with zero attached hydrogens (tertiary/aromatic N) is 1. The Bertz CT molecular complexity index is 674. The molecule has 0 spiro atoms. The van der Waals surface area contributed by atoms with Crippen LogP contribution in [0.2, 0.25) is 10.0 Å². The number of ether oxygens (including phenoxy) is 1. The highest BCUT2D eigenvalue weighted by molar-refractivity contribution is 6.31. The molecule has 3 nitrogen and oxygen atoms in total. The summed E-state index contributed by atoms with van der Waals surface area (Å²) in [5, 5.41) is 0.882. The molecule has 0 aromatic heterocycles. The van der Waals surface area contributed by atoms with Gasteiger partial charge in [0.1, 0.15) is 12.4 Å². The van der Waals surface area contributed by atoms with E-state index in [0.717, 1.165) is 5.56 Å². The maximum Gasteiger partial charge on any atom is 0.248 e. The van der Waals surface area contributed by atoms with Gasteiger partial charge in [0.2, 0.25) is 5.91 Å². The SMILES string of the molecule is CN(Cc1c(F)cccc1Cl)C(=O)COCc1ccccc1Cl. The highest BCUT2D eigenvalue weighted by atomic mass is 35.5. The van der Waals surface area contributed by atoms with Gasteiger partial charge < -0.3 is 9.64 Å². The van der Waals surface area contributed by atoms with Crippen molar-refractivity contribution in [2.45, 2.75) is 13.2 Å². The fourth-order valence-corrected chi connectivity index (χ4v) is 2.40. The van der Waals surface area contributed by atoms with E-state index >= 15 is 0 Å². The summed E-state index contributed by atoms with van der Waals surface area (Å²) in [5.41, 5.74) is 1.10. The van der Waals surface area contributed by atoms with E-state index in [9.17, 15) is 9.18 Å². The molecule has 2 aromatic rings. The van der Waals surface area contributed by atoms with Gasteiger partial charge in [-0.15, -0.1) is 0 Å². The molecule has 0 aliphatic rings. The van der Waals surface area contributed by atoms with Gasteiger partial charge >= 0.3 is 0 Å². The van der Waals surface area contributed by atoms with Crippen molar-refractivity contribution >= 4 is 29.1 Å². The molecule has 0 N–H and O–H groups in total. The summed E-state index contributed by atoms with van der Waals surface area (Å²) in [6.45, 7) is 0.202. The molecule has 1 amide bonds. The minimum atomic E-state index is -0.436. The number of rotatable bonds is 6. The first-order valence-corrected chi connectivity index (χ1v) is 7.72. The summed E-state index contributed by atoms with van der Waals surface area (Å²) in [4.78, 5) is 13.4. The Labute approximate surface area is 144 Å². The Morgan fingerprint density at radius 2 is 1.83 bits per heavy atom. The molecule has 0 fully saturated rings. The molecule has 0 unspecified atom stereocenters. The van der Waals surface area contributed by atoms with Crippen molar-refractivity contribution in [3.8, 4) is 0 Å². The second-order valence-electron chi connectivity index (χ2n) is 5.03. The maximum absolute atomic E-state index is 13.7.